The molecule has 1 aliphatic rings. The first-order chi connectivity index (χ1) is 14.4. The number of hydrogen-bond donors (Lipinski definition) is 1. The summed E-state index contributed by atoms with van der Waals surface area (Å²) < 4.78 is 1.88. The van der Waals surface area contributed by atoms with E-state index in [-0.39, 0.29) is 11.9 Å². The second-order valence-corrected chi connectivity index (χ2v) is 8.41. The molecule has 1 amide bonds. The highest BCUT2D eigenvalue weighted by Crippen LogP contribution is 2.24. The number of aryl methyl sites for hydroxylation is 2. The number of para-hydroxylation sites is 1. The fourth-order valence-corrected chi connectivity index (χ4v) is 4.21. The number of carbonyl (C=O) groups excluding carboxylic acids is 1. The zero-order valence-electron chi connectivity index (χ0n) is 17.7. The number of nitrogens with one attached hydrogen (secondary N) is 1. The highest BCUT2D eigenvalue weighted by Gasteiger charge is 2.27. The van der Waals surface area contributed by atoms with Gasteiger partial charge in [0.2, 0.25) is 5.91 Å². The summed E-state index contributed by atoms with van der Waals surface area (Å²) in [6.07, 6.45) is 1.33. The molecule has 0 bridgehead atoms. The molecule has 1 saturated heterocycles. The molecule has 1 fully saturated rings. The monoisotopic (exact) mass is 422 g/mol. The van der Waals surface area contributed by atoms with E-state index in [0.29, 0.717) is 11.4 Å². The summed E-state index contributed by atoms with van der Waals surface area (Å²) in [4.78, 5) is 15.0. The maximum absolute atomic E-state index is 13.0. The number of benzene rings is 2. The van der Waals surface area contributed by atoms with Crippen molar-refractivity contribution < 1.29 is 4.79 Å². The number of halogens is 1. The van der Waals surface area contributed by atoms with Crippen LogP contribution in [0.5, 0.6) is 0 Å². The van der Waals surface area contributed by atoms with Gasteiger partial charge in [-0.2, -0.15) is 5.10 Å². The molecule has 1 atom stereocenters. The average molecular weight is 423 g/mol. The maximum atomic E-state index is 13.0. The predicted octanol–water partition coefficient (Wildman–Crippen LogP) is 4.71. The molecule has 0 radical (unpaired) electrons. The Kier molecular flexibility index (Phi) is 5.82. The first-order valence-electron chi connectivity index (χ1n) is 10.3. The van der Waals surface area contributed by atoms with Crippen molar-refractivity contribution in [1.82, 2.24) is 14.7 Å². The molecule has 1 aliphatic heterocycles. The second-order valence-electron chi connectivity index (χ2n) is 8.01. The van der Waals surface area contributed by atoms with Gasteiger partial charge in [-0.3, -0.25) is 4.79 Å². The Morgan fingerprint density at radius 2 is 1.93 bits per heavy atom. The molecule has 1 aromatic heterocycles. The van der Waals surface area contributed by atoms with Crippen LogP contribution in [0.3, 0.4) is 0 Å². The first-order valence-corrected chi connectivity index (χ1v) is 10.7. The molecule has 30 heavy (non-hydrogen) atoms. The molecule has 156 valence electrons. The van der Waals surface area contributed by atoms with E-state index in [4.69, 9.17) is 11.6 Å². The number of anilines is 1. The fourth-order valence-electron chi connectivity index (χ4n) is 4.03. The van der Waals surface area contributed by atoms with E-state index in [9.17, 15) is 4.79 Å². The molecule has 6 heteroatoms. The molecular formula is C24H27ClN4O. The van der Waals surface area contributed by atoms with Crippen molar-refractivity contribution in [3.8, 4) is 5.69 Å². The van der Waals surface area contributed by atoms with Crippen molar-refractivity contribution in [2.24, 2.45) is 0 Å². The van der Waals surface area contributed by atoms with Gasteiger partial charge in [0, 0.05) is 41.1 Å². The standard InChI is InChI=1S/C24H27ClN4O/c1-16-9-10-21(13-23(16)25)29-18(3)22(17(2)27-29)14-24(30)28-12-11-20(15-28)26-19-7-5-4-6-8-19/h4-10,13,20,26H,11-12,14-15H2,1-3H3. The zero-order valence-corrected chi connectivity index (χ0v) is 18.4. The number of carbonyl (C=O) groups is 1. The van der Waals surface area contributed by atoms with Crippen LogP contribution in [0.4, 0.5) is 5.69 Å². The van der Waals surface area contributed by atoms with Crippen molar-refractivity contribution in [2.45, 2.75) is 39.7 Å². The average Bonchev–Trinajstić information content (AvgIpc) is 3.31. The van der Waals surface area contributed by atoms with E-state index >= 15 is 0 Å². The lowest BCUT2D eigenvalue weighted by molar-refractivity contribution is -0.129. The quantitative estimate of drug-likeness (QED) is 0.648. The van der Waals surface area contributed by atoms with Crippen LogP contribution in [0.2, 0.25) is 5.02 Å². The van der Waals surface area contributed by atoms with E-state index in [2.05, 4.69) is 22.5 Å². The summed E-state index contributed by atoms with van der Waals surface area (Å²) in [6, 6.07) is 16.4. The summed E-state index contributed by atoms with van der Waals surface area (Å²) in [6.45, 7) is 7.47. The topological polar surface area (TPSA) is 50.2 Å². The van der Waals surface area contributed by atoms with Gasteiger partial charge in [-0.1, -0.05) is 35.9 Å². The number of amides is 1. The predicted molar refractivity (Wildman–Crippen MR) is 122 cm³/mol. The minimum absolute atomic E-state index is 0.153. The van der Waals surface area contributed by atoms with E-state index in [1.54, 1.807) is 0 Å². The van der Waals surface area contributed by atoms with Gasteiger partial charge in [-0.15, -0.1) is 0 Å². The van der Waals surface area contributed by atoms with Gasteiger partial charge in [-0.05, 0) is 57.0 Å². The van der Waals surface area contributed by atoms with Gasteiger partial charge in [0.15, 0.2) is 0 Å². The van der Waals surface area contributed by atoms with E-state index in [1.165, 1.54) is 0 Å². The summed E-state index contributed by atoms with van der Waals surface area (Å²) in [5, 5.41) is 8.92. The molecule has 4 rings (SSSR count). The SMILES string of the molecule is Cc1ccc(-n2nc(C)c(CC(=O)N3CCC(Nc4ccccc4)C3)c2C)cc1Cl. The molecule has 0 spiro atoms. The Morgan fingerprint density at radius 3 is 2.67 bits per heavy atom. The minimum Gasteiger partial charge on any atom is -0.380 e. The highest BCUT2D eigenvalue weighted by atomic mass is 35.5. The summed E-state index contributed by atoms with van der Waals surface area (Å²) in [7, 11) is 0. The van der Waals surface area contributed by atoms with E-state index in [1.807, 2.05) is 66.8 Å². The molecule has 2 heterocycles. The van der Waals surface area contributed by atoms with Crippen molar-refractivity contribution in [3.05, 3.63) is 76.1 Å². The Bertz CT molecular complexity index is 1060. The zero-order chi connectivity index (χ0) is 21.3. The van der Waals surface area contributed by atoms with Crippen LogP contribution < -0.4 is 5.32 Å². The molecule has 0 aliphatic carbocycles. The molecule has 1 N–H and O–H groups in total. The van der Waals surface area contributed by atoms with Crippen LogP contribution >= 0.6 is 11.6 Å². The number of rotatable bonds is 5. The molecule has 5 nitrogen and oxygen atoms in total. The molecule has 1 unspecified atom stereocenters. The molecule has 2 aromatic carbocycles. The van der Waals surface area contributed by atoms with Crippen molar-refractivity contribution in [2.75, 3.05) is 18.4 Å². The van der Waals surface area contributed by atoms with Crippen LogP contribution in [0, 0.1) is 20.8 Å². The van der Waals surface area contributed by atoms with Crippen LogP contribution in [-0.2, 0) is 11.2 Å². The molecule has 3 aromatic rings. The second kappa shape index (κ2) is 8.52. The van der Waals surface area contributed by atoms with Crippen LogP contribution in [0.15, 0.2) is 48.5 Å². The van der Waals surface area contributed by atoms with Gasteiger partial charge in [-0.25, -0.2) is 4.68 Å². The summed E-state index contributed by atoms with van der Waals surface area (Å²) in [5.74, 6) is 0.153. The van der Waals surface area contributed by atoms with Gasteiger partial charge >= 0.3 is 0 Å². The normalized spacial score (nSPS) is 16.1. The van der Waals surface area contributed by atoms with Gasteiger partial charge in [0.05, 0.1) is 17.8 Å². The Morgan fingerprint density at radius 1 is 1.17 bits per heavy atom. The van der Waals surface area contributed by atoms with Crippen molar-refractivity contribution >= 4 is 23.2 Å². The largest absolute Gasteiger partial charge is 0.380 e. The van der Waals surface area contributed by atoms with Crippen molar-refractivity contribution in [3.63, 3.8) is 0 Å². The maximum Gasteiger partial charge on any atom is 0.227 e. The van der Waals surface area contributed by atoms with Gasteiger partial charge in [0.1, 0.15) is 0 Å². The smallest absolute Gasteiger partial charge is 0.227 e. The third-order valence-corrected chi connectivity index (χ3v) is 6.26. The van der Waals surface area contributed by atoms with Crippen LogP contribution in [0.1, 0.15) is 28.9 Å². The lowest BCUT2D eigenvalue weighted by Crippen LogP contribution is -2.32. The van der Waals surface area contributed by atoms with Crippen LogP contribution in [-0.4, -0.2) is 39.7 Å². The fraction of sp³-hybridized carbons (Fsp3) is 0.333. The Labute approximate surface area is 182 Å². The van der Waals surface area contributed by atoms with Crippen LogP contribution in [0.25, 0.3) is 5.69 Å². The third kappa shape index (κ3) is 4.21. The van der Waals surface area contributed by atoms with Crippen molar-refractivity contribution in [1.29, 1.82) is 0 Å². The lowest BCUT2D eigenvalue weighted by atomic mass is 10.1. The number of aromatic nitrogens is 2. The minimum atomic E-state index is 0.153. The summed E-state index contributed by atoms with van der Waals surface area (Å²) >= 11 is 6.30. The molecular weight excluding hydrogens is 396 g/mol. The van der Waals surface area contributed by atoms with E-state index < -0.39 is 0 Å². The Hall–Kier alpha value is -2.79. The Balaban J connectivity index is 1.45. The lowest BCUT2D eigenvalue weighted by Gasteiger charge is -2.18. The first kappa shape index (κ1) is 20.5. The van der Waals surface area contributed by atoms with E-state index in [0.717, 1.165) is 53.4 Å². The molecule has 0 saturated carbocycles. The number of hydrogen-bond acceptors (Lipinski definition) is 3. The highest BCUT2D eigenvalue weighted by molar-refractivity contribution is 6.31. The number of likely N-dealkylation sites (tertiary alicyclic amines) is 1. The van der Waals surface area contributed by atoms with Gasteiger partial charge < -0.3 is 10.2 Å². The van der Waals surface area contributed by atoms with Gasteiger partial charge in [0.25, 0.3) is 0 Å². The third-order valence-electron chi connectivity index (χ3n) is 5.85. The number of nitrogens with zero attached hydrogens (tertiary/aromatic N) is 3. The summed E-state index contributed by atoms with van der Waals surface area (Å²) in [5.41, 5.74) is 5.91.